The molecular formula is C19H24N5O5+. The predicted molar refractivity (Wildman–Crippen MR) is 104 cm³/mol. The molecule has 29 heavy (non-hydrogen) atoms. The highest BCUT2D eigenvalue weighted by Crippen LogP contribution is 2.14. The number of aromatic nitrogens is 1. The number of hydrogen-bond donors (Lipinski definition) is 2. The second-order valence-electron chi connectivity index (χ2n) is 7.11. The average molecular weight is 402 g/mol. The molecule has 3 rings (SSSR count). The quantitative estimate of drug-likeness (QED) is 0.494. The molecule has 2 amide bonds. The van der Waals surface area contributed by atoms with Gasteiger partial charge in [0.05, 0.1) is 31.1 Å². The number of likely N-dealkylation sites (tertiary alicyclic amines) is 1. The van der Waals surface area contributed by atoms with Gasteiger partial charge in [-0.15, -0.1) is 0 Å². The number of nitrogens with zero attached hydrogens (tertiary/aromatic N) is 3. The number of benzene rings is 1. The standard InChI is InChI=1S/C19H23N5O5/c1-14-12-17(21-29-14)20-18(25)13-23(11-10-22-8-2-3-9-22)19(26)15-4-6-16(7-5-15)24(27)28/h4-7,12H,2-3,8-11,13H2,1H3,(H,20,21,25)/p+1. The lowest BCUT2D eigenvalue weighted by Gasteiger charge is -2.23. The summed E-state index contributed by atoms with van der Waals surface area (Å²) in [4.78, 5) is 38.6. The first-order chi connectivity index (χ1) is 13.9. The highest BCUT2D eigenvalue weighted by atomic mass is 16.6. The van der Waals surface area contributed by atoms with Gasteiger partial charge in [0.15, 0.2) is 5.82 Å². The maximum absolute atomic E-state index is 13.0. The lowest BCUT2D eigenvalue weighted by Crippen LogP contribution is -3.10. The van der Waals surface area contributed by atoms with Gasteiger partial charge in [-0.1, -0.05) is 5.16 Å². The summed E-state index contributed by atoms with van der Waals surface area (Å²) in [5.74, 6) is 0.132. The van der Waals surface area contributed by atoms with Crippen molar-refractivity contribution in [1.82, 2.24) is 10.1 Å². The number of amides is 2. The number of nitrogens with one attached hydrogen (secondary N) is 2. The summed E-state index contributed by atoms with van der Waals surface area (Å²) in [6.07, 6.45) is 2.33. The fraction of sp³-hybridized carbons (Fsp3) is 0.421. The van der Waals surface area contributed by atoms with Crippen LogP contribution in [0, 0.1) is 17.0 Å². The smallest absolute Gasteiger partial charge is 0.269 e. The average Bonchev–Trinajstić information content (AvgIpc) is 3.36. The fourth-order valence-electron chi connectivity index (χ4n) is 3.36. The Hall–Kier alpha value is -3.27. The number of nitro benzene ring substituents is 1. The molecule has 2 N–H and O–H groups in total. The molecule has 1 fully saturated rings. The molecule has 2 heterocycles. The van der Waals surface area contributed by atoms with Gasteiger partial charge in [0.25, 0.3) is 11.6 Å². The molecule has 0 saturated carbocycles. The van der Waals surface area contributed by atoms with Crippen molar-refractivity contribution in [1.29, 1.82) is 0 Å². The third-order valence-electron chi connectivity index (χ3n) is 4.89. The van der Waals surface area contributed by atoms with Crippen LogP contribution in [0.2, 0.25) is 0 Å². The highest BCUT2D eigenvalue weighted by molar-refractivity contribution is 5.99. The largest absolute Gasteiger partial charge is 0.360 e. The SMILES string of the molecule is Cc1cc(NC(=O)CN(CC[NH+]2CCCC2)C(=O)c2ccc([N+](=O)[O-])cc2)no1. The molecule has 10 nitrogen and oxygen atoms in total. The van der Waals surface area contributed by atoms with Crippen molar-refractivity contribution in [3.63, 3.8) is 0 Å². The van der Waals surface area contributed by atoms with Crippen LogP contribution in [-0.2, 0) is 4.79 Å². The van der Waals surface area contributed by atoms with E-state index in [1.165, 1.54) is 34.1 Å². The molecule has 0 unspecified atom stereocenters. The summed E-state index contributed by atoms with van der Waals surface area (Å²) >= 11 is 0. The van der Waals surface area contributed by atoms with E-state index in [9.17, 15) is 19.7 Å². The van der Waals surface area contributed by atoms with E-state index in [0.29, 0.717) is 23.7 Å². The van der Waals surface area contributed by atoms with E-state index in [0.717, 1.165) is 32.5 Å². The van der Waals surface area contributed by atoms with Crippen LogP contribution >= 0.6 is 0 Å². The van der Waals surface area contributed by atoms with E-state index in [4.69, 9.17) is 4.52 Å². The van der Waals surface area contributed by atoms with Crippen molar-refractivity contribution in [3.05, 3.63) is 51.8 Å². The number of anilines is 1. The van der Waals surface area contributed by atoms with Gasteiger partial charge in [-0.2, -0.15) is 0 Å². The highest BCUT2D eigenvalue weighted by Gasteiger charge is 2.23. The van der Waals surface area contributed by atoms with Crippen LogP contribution in [0.4, 0.5) is 11.5 Å². The Labute approximate surface area is 167 Å². The third kappa shape index (κ3) is 5.61. The number of carbonyl (C=O) groups excluding carboxylic acids is 2. The molecule has 10 heteroatoms. The number of nitro groups is 1. The minimum Gasteiger partial charge on any atom is -0.360 e. The second kappa shape index (κ2) is 9.28. The van der Waals surface area contributed by atoms with Gasteiger partial charge in [0, 0.05) is 36.6 Å². The monoisotopic (exact) mass is 402 g/mol. The van der Waals surface area contributed by atoms with Crippen LogP contribution in [-0.4, -0.2) is 59.5 Å². The van der Waals surface area contributed by atoms with Gasteiger partial charge < -0.3 is 19.6 Å². The Bertz CT molecular complexity index is 873. The molecule has 0 spiro atoms. The van der Waals surface area contributed by atoms with E-state index in [1.54, 1.807) is 13.0 Å². The molecular weight excluding hydrogens is 378 g/mol. The van der Waals surface area contributed by atoms with E-state index in [-0.39, 0.29) is 24.0 Å². The van der Waals surface area contributed by atoms with E-state index >= 15 is 0 Å². The minimum absolute atomic E-state index is 0.0891. The lowest BCUT2D eigenvalue weighted by molar-refractivity contribution is -0.886. The Balaban J connectivity index is 1.69. The first-order valence-electron chi connectivity index (χ1n) is 9.53. The number of rotatable bonds is 8. The van der Waals surface area contributed by atoms with Crippen LogP contribution < -0.4 is 10.2 Å². The Morgan fingerprint density at radius 3 is 2.55 bits per heavy atom. The van der Waals surface area contributed by atoms with Crippen molar-refractivity contribution in [2.45, 2.75) is 19.8 Å². The van der Waals surface area contributed by atoms with Crippen LogP contribution in [0.5, 0.6) is 0 Å². The second-order valence-corrected chi connectivity index (χ2v) is 7.11. The predicted octanol–water partition coefficient (Wildman–Crippen LogP) is 0.651. The van der Waals surface area contributed by atoms with Crippen molar-refractivity contribution < 1.29 is 23.9 Å². The molecule has 1 aliphatic heterocycles. The maximum Gasteiger partial charge on any atom is 0.269 e. The summed E-state index contributed by atoms with van der Waals surface area (Å²) in [6.45, 7) is 4.85. The molecule has 1 saturated heterocycles. The van der Waals surface area contributed by atoms with Crippen molar-refractivity contribution >= 4 is 23.3 Å². The van der Waals surface area contributed by atoms with Crippen LogP contribution in [0.25, 0.3) is 0 Å². The summed E-state index contributed by atoms with van der Waals surface area (Å²) in [5.41, 5.74) is 0.214. The van der Waals surface area contributed by atoms with Gasteiger partial charge >= 0.3 is 0 Å². The molecule has 0 radical (unpaired) electrons. The lowest BCUT2D eigenvalue weighted by atomic mass is 10.1. The number of non-ortho nitro benzene ring substituents is 1. The van der Waals surface area contributed by atoms with E-state index < -0.39 is 4.92 Å². The molecule has 0 atom stereocenters. The van der Waals surface area contributed by atoms with Crippen LogP contribution in [0.1, 0.15) is 29.0 Å². The first kappa shape index (κ1) is 20.5. The van der Waals surface area contributed by atoms with Gasteiger partial charge in [0.1, 0.15) is 12.3 Å². The Morgan fingerprint density at radius 2 is 1.97 bits per heavy atom. The van der Waals surface area contributed by atoms with Gasteiger partial charge in [-0.3, -0.25) is 19.7 Å². The summed E-state index contributed by atoms with van der Waals surface area (Å²) in [7, 11) is 0. The summed E-state index contributed by atoms with van der Waals surface area (Å²) in [6, 6.07) is 6.99. The van der Waals surface area contributed by atoms with Gasteiger partial charge in [-0.25, -0.2) is 0 Å². The first-order valence-corrected chi connectivity index (χ1v) is 9.53. The van der Waals surface area contributed by atoms with Crippen LogP contribution in [0.15, 0.2) is 34.9 Å². The zero-order chi connectivity index (χ0) is 20.8. The zero-order valence-electron chi connectivity index (χ0n) is 16.2. The van der Waals surface area contributed by atoms with Crippen molar-refractivity contribution in [3.8, 4) is 0 Å². The number of carbonyl (C=O) groups is 2. The zero-order valence-corrected chi connectivity index (χ0v) is 16.2. The van der Waals surface area contributed by atoms with Crippen molar-refractivity contribution in [2.24, 2.45) is 0 Å². The normalized spacial score (nSPS) is 14.0. The minimum atomic E-state index is -0.518. The van der Waals surface area contributed by atoms with Gasteiger partial charge in [-0.05, 0) is 19.1 Å². The number of hydrogen-bond acceptors (Lipinski definition) is 6. The van der Waals surface area contributed by atoms with E-state index in [1.807, 2.05) is 0 Å². The number of quaternary nitrogens is 1. The molecule has 1 aliphatic rings. The maximum atomic E-state index is 13.0. The van der Waals surface area contributed by atoms with Crippen LogP contribution in [0.3, 0.4) is 0 Å². The summed E-state index contributed by atoms with van der Waals surface area (Å²) in [5, 5.41) is 17.2. The summed E-state index contributed by atoms with van der Waals surface area (Å²) < 4.78 is 4.93. The topological polar surface area (TPSA) is 123 Å². The van der Waals surface area contributed by atoms with Crippen molar-refractivity contribution in [2.75, 3.05) is 38.0 Å². The van der Waals surface area contributed by atoms with E-state index in [2.05, 4.69) is 10.5 Å². The molecule has 154 valence electrons. The third-order valence-corrected chi connectivity index (χ3v) is 4.89. The molecule has 1 aromatic heterocycles. The van der Waals surface area contributed by atoms with Gasteiger partial charge in [0.2, 0.25) is 5.91 Å². The number of aryl methyl sites for hydroxylation is 1. The fourth-order valence-corrected chi connectivity index (χ4v) is 3.36. The Kier molecular flexibility index (Phi) is 6.55. The molecule has 0 bridgehead atoms. The molecule has 1 aromatic carbocycles. The Morgan fingerprint density at radius 1 is 1.28 bits per heavy atom. The molecule has 0 aliphatic carbocycles. The molecule has 2 aromatic rings.